The zero-order valence-corrected chi connectivity index (χ0v) is 17.7. The summed E-state index contributed by atoms with van der Waals surface area (Å²) in [7, 11) is 0. The summed E-state index contributed by atoms with van der Waals surface area (Å²) >= 11 is 0. The van der Waals surface area contributed by atoms with Crippen molar-refractivity contribution in [3.8, 4) is 0 Å². The molecule has 0 bridgehead atoms. The highest BCUT2D eigenvalue weighted by Gasteiger charge is 2.20. The van der Waals surface area contributed by atoms with Crippen LogP contribution in [0.1, 0.15) is 18.4 Å². The lowest BCUT2D eigenvalue weighted by atomic mass is 10.2. The molecule has 6 nitrogen and oxygen atoms in total. The lowest BCUT2D eigenvalue weighted by molar-refractivity contribution is -0.133. The summed E-state index contributed by atoms with van der Waals surface area (Å²) < 4.78 is 1.60. The topological polar surface area (TPSA) is 58.4 Å². The Morgan fingerprint density at radius 3 is 2.52 bits per heavy atom. The average Bonchev–Trinajstić information content (AvgIpc) is 2.82. The fraction of sp³-hybridized carbons (Fsp3) is 0.320. The summed E-state index contributed by atoms with van der Waals surface area (Å²) in [5, 5.41) is 0.619. The van der Waals surface area contributed by atoms with Crippen LogP contribution in [0.25, 0.3) is 17.0 Å². The molecule has 0 radical (unpaired) electrons. The third kappa shape index (κ3) is 5.47. The Bertz CT molecular complexity index is 1100. The number of carbonyl (C=O) groups is 1. The monoisotopic (exact) mass is 416 g/mol. The van der Waals surface area contributed by atoms with Crippen LogP contribution in [0.2, 0.25) is 0 Å². The van der Waals surface area contributed by atoms with Gasteiger partial charge in [-0.1, -0.05) is 54.6 Å². The summed E-state index contributed by atoms with van der Waals surface area (Å²) in [4.78, 5) is 33.8. The molecule has 0 aliphatic carbocycles. The highest BCUT2D eigenvalue weighted by molar-refractivity contribution is 5.77. The molecule has 1 aliphatic rings. The van der Waals surface area contributed by atoms with Crippen molar-refractivity contribution in [2.45, 2.75) is 19.4 Å². The molecule has 0 unspecified atom stereocenters. The van der Waals surface area contributed by atoms with E-state index in [0.29, 0.717) is 30.3 Å². The van der Waals surface area contributed by atoms with E-state index in [1.54, 1.807) is 17.0 Å². The first kappa shape index (κ1) is 21.0. The molecule has 1 fully saturated rings. The van der Waals surface area contributed by atoms with Crippen molar-refractivity contribution >= 4 is 22.9 Å². The van der Waals surface area contributed by atoms with E-state index in [4.69, 9.17) is 0 Å². The molecular formula is C25H28N4O2. The summed E-state index contributed by atoms with van der Waals surface area (Å²) in [5.74, 6) is 0.168. The lowest BCUT2D eigenvalue weighted by Crippen LogP contribution is -2.48. The predicted molar refractivity (Wildman–Crippen MR) is 124 cm³/mol. The first-order valence-electron chi connectivity index (χ1n) is 10.9. The second-order valence-corrected chi connectivity index (χ2v) is 7.86. The Kier molecular flexibility index (Phi) is 6.89. The van der Waals surface area contributed by atoms with Gasteiger partial charge in [0.2, 0.25) is 5.91 Å². The summed E-state index contributed by atoms with van der Waals surface area (Å²) in [6.07, 6.45) is 6.99. The zero-order chi connectivity index (χ0) is 21.5. The predicted octanol–water partition coefficient (Wildman–Crippen LogP) is 3.03. The minimum atomic E-state index is -0.0461. The maximum atomic E-state index is 12.6. The molecule has 160 valence electrons. The summed E-state index contributed by atoms with van der Waals surface area (Å²) in [6, 6.07) is 17.6. The van der Waals surface area contributed by atoms with Crippen molar-refractivity contribution in [3.63, 3.8) is 0 Å². The number of rotatable bonds is 7. The molecule has 31 heavy (non-hydrogen) atoms. The molecule has 1 aromatic heterocycles. The van der Waals surface area contributed by atoms with Crippen molar-refractivity contribution in [2.75, 3.05) is 32.7 Å². The van der Waals surface area contributed by atoms with Crippen molar-refractivity contribution in [2.24, 2.45) is 0 Å². The molecule has 4 rings (SSSR count). The molecule has 0 spiro atoms. The molecule has 1 aliphatic heterocycles. The maximum absolute atomic E-state index is 12.6. The van der Waals surface area contributed by atoms with E-state index in [1.165, 1.54) is 5.56 Å². The summed E-state index contributed by atoms with van der Waals surface area (Å²) in [5.41, 5.74) is 1.86. The Hall–Kier alpha value is -3.25. The van der Waals surface area contributed by atoms with E-state index in [1.807, 2.05) is 41.3 Å². The van der Waals surface area contributed by atoms with Crippen molar-refractivity contribution in [3.05, 3.63) is 82.9 Å². The van der Waals surface area contributed by atoms with Crippen LogP contribution >= 0.6 is 0 Å². The van der Waals surface area contributed by atoms with Gasteiger partial charge in [-0.05, 0) is 24.1 Å². The Morgan fingerprint density at radius 2 is 1.71 bits per heavy atom. The normalized spacial score (nSPS) is 15.0. The van der Waals surface area contributed by atoms with Crippen LogP contribution in [0.5, 0.6) is 0 Å². The first-order valence-corrected chi connectivity index (χ1v) is 10.9. The molecule has 0 atom stereocenters. The number of piperazine rings is 1. The van der Waals surface area contributed by atoms with Gasteiger partial charge >= 0.3 is 0 Å². The van der Waals surface area contributed by atoms with E-state index in [0.717, 1.165) is 32.7 Å². The number of hydrogen-bond acceptors (Lipinski definition) is 4. The van der Waals surface area contributed by atoms with E-state index >= 15 is 0 Å². The van der Waals surface area contributed by atoms with Crippen LogP contribution in [0.3, 0.4) is 0 Å². The smallest absolute Gasteiger partial charge is 0.261 e. The molecule has 1 saturated heterocycles. The second-order valence-electron chi connectivity index (χ2n) is 7.86. The minimum absolute atomic E-state index is 0.0461. The van der Waals surface area contributed by atoms with Gasteiger partial charge in [-0.2, -0.15) is 0 Å². The molecule has 2 heterocycles. The van der Waals surface area contributed by atoms with E-state index < -0.39 is 0 Å². The standard InChI is InChI=1S/C25H28N4O2/c30-24(13-7-15-29-20-26-23-12-5-4-11-22(23)25(29)31)28-18-16-27(17-19-28)14-6-10-21-8-2-1-3-9-21/h1-6,8-12,20H,7,13-19H2. The minimum Gasteiger partial charge on any atom is -0.340 e. The Balaban J connectivity index is 1.20. The Labute approximate surface area is 182 Å². The quantitative estimate of drug-likeness (QED) is 0.594. The van der Waals surface area contributed by atoms with Gasteiger partial charge in [-0.3, -0.25) is 19.1 Å². The van der Waals surface area contributed by atoms with E-state index in [9.17, 15) is 9.59 Å². The van der Waals surface area contributed by atoms with Crippen LogP contribution < -0.4 is 5.56 Å². The van der Waals surface area contributed by atoms with Gasteiger partial charge in [0, 0.05) is 45.7 Å². The van der Waals surface area contributed by atoms with E-state index in [-0.39, 0.29) is 11.5 Å². The number of aryl methyl sites for hydroxylation is 1. The van der Waals surface area contributed by atoms with Gasteiger partial charge in [0.1, 0.15) is 0 Å². The number of nitrogens with zero attached hydrogens (tertiary/aromatic N) is 4. The van der Waals surface area contributed by atoms with Gasteiger partial charge in [0.25, 0.3) is 5.56 Å². The third-order valence-electron chi connectivity index (χ3n) is 5.72. The molecule has 6 heteroatoms. The lowest BCUT2D eigenvalue weighted by Gasteiger charge is -2.34. The van der Waals surface area contributed by atoms with Crippen molar-refractivity contribution in [1.29, 1.82) is 0 Å². The maximum Gasteiger partial charge on any atom is 0.261 e. The van der Waals surface area contributed by atoms with Crippen LogP contribution in [0.4, 0.5) is 0 Å². The van der Waals surface area contributed by atoms with Gasteiger partial charge in [0.15, 0.2) is 0 Å². The van der Waals surface area contributed by atoms with Gasteiger partial charge in [0.05, 0.1) is 17.2 Å². The summed E-state index contributed by atoms with van der Waals surface area (Å²) in [6.45, 7) is 4.70. The number of carbonyl (C=O) groups excluding carboxylic acids is 1. The zero-order valence-electron chi connectivity index (χ0n) is 17.7. The van der Waals surface area contributed by atoms with Crippen LogP contribution in [-0.4, -0.2) is 58.0 Å². The highest BCUT2D eigenvalue weighted by atomic mass is 16.2. The van der Waals surface area contributed by atoms with Gasteiger partial charge < -0.3 is 4.90 Å². The van der Waals surface area contributed by atoms with Crippen molar-refractivity contribution < 1.29 is 4.79 Å². The van der Waals surface area contributed by atoms with Crippen LogP contribution in [0.15, 0.2) is 71.8 Å². The average molecular weight is 417 g/mol. The van der Waals surface area contributed by atoms with E-state index in [2.05, 4.69) is 34.2 Å². The molecule has 2 aromatic carbocycles. The number of amides is 1. The molecular weight excluding hydrogens is 388 g/mol. The fourth-order valence-electron chi connectivity index (χ4n) is 3.91. The number of hydrogen-bond donors (Lipinski definition) is 0. The number of aromatic nitrogens is 2. The Morgan fingerprint density at radius 1 is 0.968 bits per heavy atom. The molecule has 0 N–H and O–H groups in total. The number of fused-ring (bicyclic) bond motifs is 1. The first-order chi connectivity index (χ1) is 15.2. The van der Waals surface area contributed by atoms with Gasteiger partial charge in [-0.15, -0.1) is 0 Å². The fourth-order valence-corrected chi connectivity index (χ4v) is 3.91. The van der Waals surface area contributed by atoms with Gasteiger partial charge in [-0.25, -0.2) is 4.98 Å². The third-order valence-corrected chi connectivity index (χ3v) is 5.72. The highest BCUT2D eigenvalue weighted by Crippen LogP contribution is 2.08. The molecule has 1 amide bonds. The number of benzene rings is 2. The molecule has 0 saturated carbocycles. The largest absolute Gasteiger partial charge is 0.340 e. The SMILES string of the molecule is O=C(CCCn1cnc2ccccc2c1=O)N1CCN(CC=Cc2ccccc2)CC1. The number of para-hydroxylation sites is 1. The van der Waals surface area contributed by atoms with Crippen LogP contribution in [0, 0.1) is 0 Å². The van der Waals surface area contributed by atoms with Crippen molar-refractivity contribution in [1.82, 2.24) is 19.4 Å². The second kappa shape index (κ2) is 10.2. The van der Waals surface area contributed by atoms with Crippen LogP contribution in [-0.2, 0) is 11.3 Å². The molecule has 3 aromatic rings.